The second-order valence-corrected chi connectivity index (χ2v) is 5.52. The van der Waals surface area contributed by atoms with Crippen LogP contribution >= 0.6 is 15.9 Å². The fourth-order valence-corrected chi connectivity index (χ4v) is 2.75. The molecule has 1 aromatic rings. The number of piperazine rings is 1. The van der Waals surface area contributed by atoms with Gasteiger partial charge >= 0.3 is 0 Å². The van der Waals surface area contributed by atoms with Gasteiger partial charge in [-0.3, -0.25) is 9.69 Å². The summed E-state index contributed by atoms with van der Waals surface area (Å²) in [6, 6.07) is 5.44. The Labute approximate surface area is 115 Å². The predicted octanol–water partition coefficient (Wildman–Crippen LogP) is 1.40. The van der Waals surface area contributed by atoms with Crippen molar-refractivity contribution in [1.82, 2.24) is 4.90 Å². The number of anilines is 1. The molecule has 1 unspecified atom stereocenters. The van der Waals surface area contributed by atoms with Crippen molar-refractivity contribution < 1.29 is 9.90 Å². The lowest BCUT2D eigenvalue weighted by atomic mass is 10.1. The summed E-state index contributed by atoms with van der Waals surface area (Å²) in [6.07, 6.45) is 0. The summed E-state index contributed by atoms with van der Waals surface area (Å²) in [7, 11) is 1.87. The third-order valence-corrected chi connectivity index (χ3v) is 3.88. The zero-order valence-corrected chi connectivity index (χ0v) is 12.1. The number of aryl methyl sites for hydroxylation is 1. The quantitative estimate of drug-likeness (QED) is 0.897. The van der Waals surface area contributed by atoms with Crippen LogP contribution in [0.1, 0.15) is 5.56 Å². The lowest BCUT2D eigenvalue weighted by molar-refractivity contribution is -0.126. The molecule has 1 aliphatic heterocycles. The Kier molecular flexibility index (Phi) is 4.04. The van der Waals surface area contributed by atoms with Crippen LogP contribution in [0.4, 0.5) is 5.69 Å². The van der Waals surface area contributed by atoms with Crippen LogP contribution in [0.5, 0.6) is 0 Å². The van der Waals surface area contributed by atoms with Crippen molar-refractivity contribution in [1.29, 1.82) is 0 Å². The van der Waals surface area contributed by atoms with Gasteiger partial charge in [-0.05, 0) is 37.7 Å². The molecule has 0 spiro atoms. The zero-order valence-electron chi connectivity index (χ0n) is 10.6. The Morgan fingerprint density at radius 1 is 1.44 bits per heavy atom. The Hall–Kier alpha value is -0.910. The van der Waals surface area contributed by atoms with Gasteiger partial charge in [0, 0.05) is 23.2 Å². The first-order chi connectivity index (χ1) is 8.54. The lowest BCUT2D eigenvalue weighted by Crippen LogP contribution is -2.57. The molecule has 1 aliphatic rings. The van der Waals surface area contributed by atoms with Crippen molar-refractivity contribution in [3.8, 4) is 0 Å². The normalized spacial score (nSPS) is 21.4. The number of carbonyl (C=O) groups is 1. The molecule has 0 aromatic heterocycles. The summed E-state index contributed by atoms with van der Waals surface area (Å²) in [5, 5.41) is 9.31. The number of aliphatic hydroxyl groups excluding tert-OH is 1. The van der Waals surface area contributed by atoms with Gasteiger partial charge in [-0.1, -0.05) is 15.9 Å². The molecule has 1 heterocycles. The summed E-state index contributed by atoms with van der Waals surface area (Å²) in [5.74, 6) is -0.0309. The summed E-state index contributed by atoms with van der Waals surface area (Å²) >= 11 is 3.42. The number of hydrogen-bond donors (Lipinski definition) is 1. The standard InChI is InChI=1S/C13H17BrN2O2/c1-9-7-10(14)3-4-11(9)16-6-5-15(2)12(8-17)13(16)18/h3-4,7,12,17H,5-6,8H2,1-2H3. The van der Waals surface area contributed by atoms with Gasteiger partial charge in [0.25, 0.3) is 0 Å². The Morgan fingerprint density at radius 2 is 2.17 bits per heavy atom. The van der Waals surface area contributed by atoms with Crippen molar-refractivity contribution >= 4 is 27.5 Å². The van der Waals surface area contributed by atoms with Crippen LogP contribution in [0.25, 0.3) is 0 Å². The fourth-order valence-electron chi connectivity index (χ4n) is 2.27. The number of benzene rings is 1. The number of hydrogen-bond acceptors (Lipinski definition) is 3. The van der Waals surface area contributed by atoms with Crippen molar-refractivity contribution in [2.24, 2.45) is 0 Å². The molecule has 98 valence electrons. The molecule has 1 saturated heterocycles. The lowest BCUT2D eigenvalue weighted by Gasteiger charge is -2.38. The van der Waals surface area contributed by atoms with Gasteiger partial charge < -0.3 is 10.0 Å². The van der Waals surface area contributed by atoms with Crippen LogP contribution in [-0.2, 0) is 4.79 Å². The van der Waals surface area contributed by atoms with Gasteiger partial charge in [0.15, 0.2) is 0 Å². The first-order valence-corrected chi connectivity index (χ1v) is 6.72. The molecule has 1 fully saturated rings. The second-order valence-electron chi connectivity index (χ2n) is 4.60. The van der Waals surface area contributed by atoms with E-state index in [1.54, 1.807) is 4.90 Å². The number of nitrogens with zero attached hydrogens (tertiary/aromatic N) is 2. The number of carbonyl (C=O) groups excluding carboxylic acids is 1. The zero-order chi connectivity index (χ0) is 13.3. The predicted molar refractivity (Wildman–Crippen MR) is 74.7 cm³/mol. The largest absolute Gasteiger partial charge is 0.394 e. The van der Waals surface area contributed by atoms with E-state index in [0.29, 0.717) is 6.54 Å². The highest BCUT2D eigenvalue weighted by molar-refractivity contribution is 9.10. The minimum Gasteiger partial charge on any atom is -0.394 e. The summed E-state index contributed by atoms with van der Waals surface area (Å²) in [5.41, 5.74) is 1.98. The molecular formula is C13H17BrN2O2. The van der Waals surface area contributed by atoms with Crippen LogP contribution in [0, 0.1) is 6.92 Å². The van der Waals surface area contributed by atoms with Crippen LogP contribution in [0.15, 0.2) is 22.7 Å². The van der Waals surface area contributed by atoms with Crippen LogP contribution in [-0.4, -0.2) is 48.7 Å². The highest BCUT2D eigenvalue weighted by Gasteiger charge is 2.33. The van der Waals surface area contributed by atoms with E-state index >= 15 is 0 Å². The molecule has 1 N–H and O–H groups in total. The van der Waals surface area contributed by atoms with Crippen molar-refractivity contribution in [3.63, 3.8) is 0 Å². The summed E-state index contributed by atoms with van der Waals surface area (Å²) in [6.45, 7) is 3.28. The Morgan fingerprint density at radius 3 is 2.78 bits per heavy atom. The van der Waals surface area contributed by atoms with E-state index in [1.807, 2.05) is 37.1 Å². The molecule has 4 nitrogen and oxygen atoms in total. The average Bonchev–Trinajstić information content (AvgIpc) is 2.31. The van der Waals surface area contributed by atoms with E-state index in [-0.39, 0.29) is 12.5 Å². The fraction of sp³-hybridized carbons (Fsp3) is 0.462. The van der Waals surface area contributed by atoms with Crippen molar-refractivity contribution in [2.75, 3.05) is 31.6 Å². The highest BCUT2D eigenvalue weighted by Crippen LogP contribution is 2.26. The minimum atomic E-state index is -0.429. The summed E-state index contributed by atoms with van der Waals surface area (Å²) in [4.78, 5) is 16.0. The summed E-state index contributed by atoms with van der Waals surface area (Å²) < 4.78 is 1.00. The molecular weight excluding hydrogens is 296 g/mol. The third-order valence-electron chi connectivity index (χ3n) is 3.38. The minimum absolute atomic E-state index is 0.0309. The van der Waals surface area contributed by atoms with E-state index in [2.05, 4.69) is 15.9 Å². The molecule has 5 heteroatoms. The molecule has 0 radical (unpaired) electrons. The topological polar surface area (TPSA) is 43.8 Å². The first kappa shape index (κ1) is 13.5. The monoisotopic (exact) mass is 312 g/mol. The number of aliphatic hydroxyl groups is 1. The number of halogens is 1. The average molecular weight is 313 g/mol. The van der Waals surface area contributed by atoms with Crippen LogP contribution in [0.3, 0.4) is 0 Å². The second kappa shape index (κ2) is 5.38. The number of rotatable bonds is 2. The van der Waals surface area contributed by atoms with Crippen LogP contribution < -0.4 is 4.90 Å². The van der Waals surface area contributed by atoms with Crippen LogP contribution in [0.2, 0.25) is 0 Å². The van der Waals surface area contributed by atoms with E-state index in [1.165, 1.54) is 0 Å². The van der Waals surface area contributed by atoms with E-state index < -0.39 is 6.04 Å². The smallest absolute Gasteiger partial charge is 0.246 e. The first-order valence-electron chi connectivity index (χ1n) is 5.93. The molecule has 1 atom stereocenters. The van der Waals surface area contributed by atoms with E-state index in [9.17, 15) is 9.90 Å². The van der Waals surface area contributed by atoms with Gasteiger partial charge in [0.05, 0.1) is 6.61 Å². The van der Waals surface area contributed by atoms with Crippen molar-refractivity contribution in [2.45, 2.75) is 13.0 Å². The maximum absolute atomic E-state index is 12.3. The number of likely N-dealkylation sites (N-methyl/N-ethyl adjacent to an activating group) is 1. The molecule has 18 heavy (non-hydrogen) atoms. The molecule has 0 saturated carbocycles. The Bertz CT molecular complexity index is 464. The van der Waals surface area contributed by atoms with Gasteiger partial charge in [0.2, 0.25) is 5.91 Å². The highest BCUT2D eigenvalue weighted by atomic mass is 79.9. The third kappa shape index (κ3) is 2.43. The van der Waals surface area contributed by atoms with Gasteiger partial charge in [0.1, 0.15) is 6.04 Å². The van der Waals surface area contributed by atoms with E-state index in [0.717, 1.165) is 22.3 Å². The molecule has 0 bridgehead atoms. The van der Waals surface area contributed by atoms with Gasteiger partial charge in [-0.25, -0.2) is 0 Å². The van der Waals surface area contributed by atoms with Gasteiger partial charge in [-0.15, -0.1) is 0 Å². The SMILES string of the molecule is Cc1cc(Br)ccc1N1CCN(C)C(CO)C1=O. The maximum atomic E-state index is 12.3. The molecule has 1 amide bonds. The molecule has 1 aromatic carbocycles. The molecule has 2 rings (SSSR count). The van der Waals surface area contributed by atoms with Crippen molar-refractivity contribution in [3.05, 3.63) is 28.2 Å². The Balaban J connectivity index is 2.30. The molecule has 0 aliphatic carbocycles. The maximum Gasteiger partial charge on any atom is 0.246 e. The van der Waals surface area contributed by atoms with Gasteiger partial charge in [-0.2, -0.15) is 0 Å². The van der Waals surface area contributed by atoms with E-state index in [4.69, 9.17) is 0 Å². The number of amides is 1.